The molecule has 0 bridgehead atoms. The first kappa shape index (κ1) is 8.30. The highest BCUT2D eigenvalue weighted by Gasteiger charge is 1.93. The van der Waals surface area contributed by atoms with Crippen LogP contribution in [-0.4, -0.2) is 17.7 Å². The molecule has 0 saturated carbocycles. The molecule has 1 rings (SSSR count). The molecule has 3 nitrogen and oxygen atoms in total. The third kappa shape index (κ3) is 2.37. The first-order valence-electron chi connectivity index (χ1n) is 3.85. The number of aryl methyl sites for hydroxylation is 1. The molecule has 3 heteroatoms. The minimum absolute atomic E-state index is 0.699. The highest BCUT2D eigenvalue weighted by atomic mass is 15.0. The van der Waals surface area contributed by atoms with Crippen LogP contribution in [0.1, 0.15) is 5.69 Å². The topological polar surface area (TPSA) is 43.0 Å². The Kier molecular flexibility index (Phi) is 3.14. The standard InChI is InChI=1S/C8H15N3/c1-11-6-2-3-8(11)7-10-5-4-9/h2-3,6,10H,4-5,7,9H2,1H3. The van der Waals surface area contributed by atoms with Crippen LogP contribution in [0.15, 0.2) is 18.3 Å². The number of nitrogens with zero attached hydrogens (tertiary/aromatic N) is 1. The maximum Gasteiger partial charge on any atom is 0.0359 e. The van der Waals surface area contributed by atoms with Crippen molar-refractivity contribution in [2.24, 2.45) is 12.8 Å². The molecule has 0 saturated heterocycles. The van der Waals surface area contributed by atoms with E-state index in [1.807, 2.05) is 19.3 Å². The second kappa shape index (κ2) is 4.16. The van der Waals surface area contributed by atoms with E-state index in [-0.39, 0.29) is 0 Å². The Labute approximate surface area is 67.2 Å². The third-order valence-electron chi connectivity index (χ3n) is 1.68. The van der Waals surface area contributed by atoms with E-state index in [2.05, 4.69) is 16.0 Å². The smallest absolute Gasteiger partial charge is 0.0359 e. The van der Waals surface area contributed by atoms with Gasteiger partial charge in [0.05, 0.1) is 0 Å². The summed E-state index contributed by atoms with van der Waals surface area (Å²) in [4.78, 5) is 0. The van der Waals surface area contributed by atoms with Crippen LogP contribution in [-0.2, 0) is 13.6 Å². The molecule has 3 N–H and O–H groups in total. The first-order chi connectivity index (χ1) is 5.34. The molecule has 0 unspecified atom stereocenters. The fourth-order valence-electron chi connectivity index (χ4n) is 0.999. The molecule has 0 radical (unpaired) electrons. The summed E-state index contributed by atoms with van der Waals surface area (Å²) in [5, 5.41) is 3.23. The summed E-state index contributed by atoms with van der Waals surface area (Å²) in [6.45, 7) is 2.48. The normalized spacial score (nSPS) is 10.4. The van der Waals surface area contributed by atoms with Gasteiger partial charge >= 0.3 is 0 Å². The minimum atomic E-state index is 0.699. The molecular formula is C8H15N3. The monoisotopic (exact) mass is 153 g/mol. The van der Waals surface area contributed by atoms with Gasteiger partial charge in [-0.1, -0.05) is 0 Å². The summed E-state index contributed by atoms with van der Waals surface area (Å²) in [5.41, 5.74) is 6.63. The Morgan fingerprint density at radius 2 is 2.45 bits per heavy atom. The van der Waals surface area contributed by atoms with Crippen molar-refractivity contribution in [3.05, 3.63) is 24.0 Å². The largest absolute Gasteiger partial charge is 0.353 e. The molecule has 0 spiro atoms. The van der Waals surface area contributed by atoms with Gasteiger partial charge in [-0.3, -0.25) is 0 Å². The number of hydrogen-bond donors (Lipinski definition) is 2. The molecule has 0 aliphatic heterocycles. The van der Waals surface area contributed by atoms with Gasteiger partial charge in [0.1, 0.15) is 0 Å². The van der Waals surface area contributed by atoms with Crippen molar-refractivity contribution < 1.29 is 0 Å². The number of aromatic nitrogens is 1. The van der Waals surface area contributed by atoms with E-state index in [0.29, 0.717) is 6.54 Å². The van der Waals surface area contributed by atoms with Crippen LogP contribution in [0.25, 0.3) is 0 Å². The summed E-state index contributed by atoms with van der Waals surface area (Å²) in [6.07, 6.45) is 2.04. The van der Waals surface area contributed by atoms with Gasteiger partial charge in [0.25, 0.3) is 0 Å². The van der Waals surface area contributed by atoms with Crippen LogP contribution < -0.4 is 11.1 Å². The molecule has 1 aromatic rings. The Morgan fingerprint density at radius 1 is 1.64 bits per heavy atom. The Morgan fingerprint density at radius 3 is 3.00 bits per heavy atom. The van der Waals surface area contributed by atoms with Gasteiger partial charge in [-0.15, -0.1) is 0 Å². The van der Waals surface area contributed by atoms with Gasteiger partial charge in [0.15, 0.2) is 0 Å². The first-order valence-corrected chi connectivity index (χ1v) is 3.85. The van der Waals surface area contributed by atoms with Gasteiger partial charge in [0, 0.05) is 38.6 Å². The lowest BCUT2D eigenvalue weighted by atomic mass is 10.4. The highest BCUT2D eigenvalue weighted by Crippen LogP contribution is 1.97. The van der Waals surface area contributed by atoms with E-state index in [1.165, 1.54) is 5.69 Å². The average molecular weight is 153 g/mol. The predicted octanol–water partition coefficient (Wildman–Crippen LogP) is 0.0734. The van der Waals surface area contributed by atoms with E-state index in [1.54, 1.807) is 0 Å². The number of nitrogens with one attached hydrogen (secondary N) is 1. The lowest BCUT2D eigenvalue weighted by Crippen LogP contribution is -2.22. The quantitative estimate of drug-likeness (QED) is 0.601. The van der Waals surface area contributed by atoms with Crippen LogP contribution in [0, 0.1) is 0 Å². The lowest BCUT2D eigenvalue weighted by Gasteiger charge is -2.03. The fraction of sp³-hybridized carbons (Fsp3) is 0.500. The summed E-state index contributed by atoms with van der Waals surface area (Å²) >= 11 is 0. The van der Waals surface area contributed by atoms with Crippen LogP contribution in [0.2, 0.25) is 0 Å². The van der Waals surface area contributed by atoms with Crippen LogP contribution in [0.4, 0.5) is 0 Å². The molecule has 0 fully saturated rings. The predicted molar refractivity (Wildman–Crippen MR) is 46.2 cm³/mol. The summed E-state index contributed by atoms with van der Waals surface area (Å²) < 4.78 is 2.10. The van der Waals surface area contributed by atoms with E-state index in [9.17, 15) is 0 Å². The van der Waals surface area contributed by atoms with Crippen molar-refractivity contribution in [3.63, 3.8) is 0 Å². The van der Waals surface area contributed by atoms with Crippen LogP contribution in [0.5, 0.6) is 0 Å². The van der Waals surface area contributed by atoms with Gasteiger partial charge in [-0.2, -0.15) is 0 Å². The van der Waals surface area contributed by atoms with E-state index < -0.39 is 0 Å². The van der Waals surface area contributed by atoms with Crippen molar-refractivity contribution >= 4 is 0 Å². The molecule has 0 amide bonds. The average Bonchev–Trinajstić information content (AvgIpc) is 2.37. The van der Waals surface area contributed by atoms with Gasteiger partial charge in [0.2, 0.25) is 0 Å². The zero-order valence-corrected chi connectivity index (χ0v) is 6.88. The zero-order chi connectivity index (χ0) is 8.10. The maximum atomic E-state index is 5.34. The zero-order valence-electron chi connectivity index (χ0n) is 6.88. The number of rotatable bonds is 4. The van der Waals surface area contributed by atoms with Gasteiger partial charge < -0.3 is 15.6 Å². The van der Waals surface area contributed by atoms with Crippen LogP contribution >= 0.6 is 0 Å². The van der Waals surface area contributed by atoms with Gasteiger partial charge in [-0.05, 0) is 12.1 Å². The second-order valence-corrected chi connectivity index (χ2v) is 2.58. The summed E-state index contributed by atoms with van der Waals surface area (Å²) in [6, 6.07) is 4.14. The third-order valence-corrected chi connectivity index (χ3v) is 1.68. The maximum absolute atomic E-state index is 5.34. The van der Waals surface area contributed by atoms with E-state index in [0.717, 1.165) is 13.1 Å². The van der Waals surface area contributed by atoms with Crippen LogP contribution in [0.3, 0.4) is 0 Å². The molecule has 62 valence electrons. The van der Waals surface area contributed by atoms with Crippen molar-refractivity contribution in [2.75, 3.05) is 13.1 Å². The van der Waals surface area contributed by atoms with E-state index >= 15 is 0 Å². The second-order valence-electron chi connectivity index (χ2n) is 2.58. The molecule has 0 aromatic carbocycles. The molecule has 0 aliphatic rings. The minimum Gasteiger partial charge on any atom is -0.353 e. The SMILES string of the molecule is Cn1cccc1CNCCN. The highest BCUT2D eigenvalue weighted by molar-refractivity contribution is 5.05. The number of hydrogen-bond acceptors (Lipinski definition) is 2. The fourth-order valence-corrected chi connectivity index (χ4v) is 0.999. The van der Waals surface area contributed by atoms with Crippen molar-refractivity contribution in [1.29, 1.82) is 0 Å². The summed E-state index contributed by atoms with van der Waals surface area (Å²) in [5.74, 6) is 0. The van der Waals surface area contributed by atoms with Gasteiger partial charge in [-0.25, -0.2) is 0 Å². The molecule has 0 aliphatic carbocycles. The number of nitrogens with two attached hydrogens (primary N) is 1. The van der Waals surface area contributed by atoms with Crippen molar-refractivity contribution in [1.82, 2.24) is 9.88 Å². The molecule has 1 aromatic heterocycles. The van der Waals surface area contributed by atoms with Crippen molar-refractivity contribution in [2.45, 2.75) is 6.54 Å². The Hall–Kier alpha value is -0.800. The molecule has 0 atom stereocenters. The molecule has 11 heavy (non-hydrogen) atoms. The lowest BCUT2D eigenvalue weighted by molar-refractivity contribution is 0.659. The Bertz CT molecular complexity index is 205. The molecule has 1 heterocycles. The Balaban J connectivity index is 2.32. The molecular weight excluding hydrogens is 138 g/mol. The van der Waals surface area contributed by atoms with Crippen molar-refractivity contribution in [3.8, 4) is 0 Å². The summed E-state index contributed by atoms with van der Waals surface area (Å²) in [7, 11) is 2.04. The van der Waals surface area contributed by atoms with E-state index in [4.69, 9.17) is 5.73 Å².